The molecule has 0 radical (unpaired) electrons. The Hall–Kier alpha value is -0.160. The number of hydrogen-bond donors (Lipinski definition) is 3. The molecule has 2 rings (SSSR count). The summed E-state index contributed by atoms with van der Waals surface area (Å²) in [5.74, 6) is 0.402. The number of rotatable bonds is 4. The van der Waals surface area contributed by atoms with Crippen molar-refractivity contribution >= 4 is 0 Å². The van der Waals surface area contributed by atoms with Crippen molar-refractivity contribution in [3.63, 3.8) is 0 Å². The molecule has 1 aliphatic heterocycles. The fraction of sp³-hybridized carbons (Fsp3) is 1.00. The van der Waals surface area contributed by atoms with E-state index >= 15 is 0 Å². The first-order valence-corrected chi connectivity index (χ1v) is 7.23. The molecule has 2 fully saturated rings. The van der Waals surface area contributed by atoms with Gasteiger partial charge in [0, 0.05) is 31.3 Å². The number of aliphatic hydroxyl groups excluding tert-OH is 1. The molecule has 0 aromatic heterocycles. The SMILES string of the molecule is CC1(C)CC(CN)(NC2CCCC2CO)CCO1. The van der Waals surface area contributed by atoms with Gasteiger partial charge in [-0.3, -0.25) is 0 Å². The van der Waals surface area contributed by atoms with Gasteiger partial charge < -0.3 is 20.9 Å². The van der Waals surface area contributed by atoms with Gasteiger partial charge in [0.15, 0.2) is 0 Å². The average Bonchev–Trinajstić information content (AvgIpc) is 2.74. The van der Waals surface area contributed by atoms with Crippen LogP contribution in [0.3, 0.4) is 0 Å². The van der Waals surface area contributed by atoms with E-state index in [0.717, 1.165) is 32.3 Å². The minimum Gasteiger partial charge on any atom is -0.396 e. The van der Waals surface area contributed by atoms with Crippen molar-refractivity contribution < 1.29 is 9.84 Å². The van der Waals surface area contributed by atoms with Gasteiger partial charge in [0.25, 0.3) is 0 Å². The minimum absolute atomic E-state index is 0.00975. The smallest absolute Gasteiger partial charge is 0.0644 e. The maximum absolute atomic E-state index is 9.43. The summed E-state index contributed by atoms with van der Waals surface area (Å²) in [5.41, 5.74) is 5.93. The molecule has 0 aromatic rings. The molecule has 3 unspecified atom stereocenters. The second kappa shape index (κ2) is 5.45. The van der Waals surface area contributed by atoms with Crippen LogP contribution in [0.25, 0.3) is 0 Å². The van der Waals surface area contributed by atoms with Crippen LogP contribution in [0.1, 0.15) is 46.0 Å². The number of nitrogens with one attached hydrogen (secondary N) is 1. The molecule has 1 saturated carbocycles. The Kier molecular flexibility index (Phi) is 4.32. The predicted molar refractivity (Wildman–Crippen MR) is 72.4 cm³/mol. The third-order valence-corrected chi connectivity index (χ3v) is 4.61. The molecular weight excluding hydrogens is 228 g/mol. The normalized spacial score (nSPS) is 40.0. The molecule has 18 heavy (non-hydrogen) atoms. The quantitative estimate of drug-likeness (QED) is 0.702. The molecule has 106 valence electrons. The zero-order valence-corrected chi connectivity index (χ0v) is 11.7. The molecule has 2 aliphatic rings. The van der Waals surface area contributed by atoms with Crippen LogP contribution >= 0.6 is 0 Å². The fourth-order valence-electron chi connectivity index (χ4n) is 3.67. The van der Waals surface area contributed by atoms with Gasteiger partial charge in [-0.1, -0.05) is 6.42 Å². The molecule has 0 spiro atoms. The van der Waals surface area contributed by atoms with Gasteiger partial charge in [-0.05, 0) is 45.4 Å². The second-order valence-electron chi connectivity index (χ2n) is 6.64. The summed E-state index contributed by atoms with van der Waals surface area (Å²) < 4.78 is 5.80. The number of aliphatic hydroxyl groups is 1. The summed E-state index contributed by atoms with van der Waals surface area (Å²) in [6, 6.07) is 0.424. The summed E-state index contributed by atoms with van der Waals surface area (Å²) in [6.07, 6.45) is 5.43. The first-order valence-electron chi connectivity index (χ1n) is 7.23. The van der Waals surface area contributed by atoms with Crippen LogP contribution in [0.4, 0.5) is 0 Å². The fourth-order valence-corrected chi connectivity index (χ4v) is 3.67. The van der Waals surface area contributed by atoms with Crippen molar-refractivity contribution in [1.29, 1.82) is 0 Å². The molecule has 4 heteroatoms. The summed E-state index contributed by atoms with van der Waals surface area (Å²) >= 11 is 0. The van der Waals surface area contributed by atoms with E-state index in [2.05, 4.69) is 19.2 Å². The van der Waals surface area contributed by atoms with Crippen LogP contribution in [-0.4, -0.2) is 42.0 Å². The van der Waals surface area contributed by atoms with Crippen LogP contribution in [-0.2, 0) is 4.74 Å². The van der Waals surface area contributed by atoms with Gasteiger partial charge in [-0.15, -0.1) is 0 Å². The summed E-state index contributed by atoms with van der Waals surface area (Å²) in [6.45, 7) is 5.98. The Morgan fingerprint density at radius 3 is 2.78 bits per heavy atom. The number of hydrogen-bond acceptors (Lipinski definition) is 4. The van der Waals surface area contributed by atoms with E-state index in [4.69, 9.17) is 10.5 Å². The van der Waals surface area contributed by atoms with Crippen molar-refractivity contribution in [3.8, 4) is 0 Å². The molecule has 1 aliphatic carbocycles. The molecule has 1 heterocycles. The van der Waals surface area contributed by atoms with Crippen molar-refractivity contribution in [1.82, 2.24) is 5.32 Å². The van der Waals surface area contributed by atoms with Crippen LogP contribution < -0.4 is 11.1 Å². The Labute approximate surface area is 110 Å². The molecule has 4 N–H and O–H groups in total. The van der Waals surface area contributed by atoms with Crippen LogP contribution in [0.5, 0.6) is 0 Å². The first-order chi connectivity index (χ1) is 8.50. The van der Waals surface area contributed by atoms with E-state index in [1.165, 1.54) is 6.42 Å². The maximum Gasteiger partial charge on any atom is 0.0644 e. The average molecular weight is 256 g/mol. The van der Waals surface area contributed by atoms with E-state index in [-0.39, 0.29) is 17.7 Å². The third-order valence-electron chi connectivity index (χ3n) is 4.61. The minimum atomic E-state index is -0.0993. The molecule has 0 aromatic carbocycles. The van der Waals surface area contributed by atoms with Gasteiger partial charge >= 0.3 is 0 Å². The monoisotopic (exact) mass is 256 g/mol. The molecular formula is C14H28N2O2. The van der Waals surface area contributed by atoms with Crippen LogP contribution in [0, 0.1) is 5.92 Å². The molecule has 0 amide bonds. The Morgan fingerprint density at radius 2 is 2.17 bits per heavy atom. The Bertz CT molecular complexity index is 283. The first kappa shape index (κ1) is 14.3. The highest BCUT2D eigenvalue weighted by atomic mass is 16.5. The van der Waals surface area contributed by atoms with Gasteiger partial charge in [-0.25, -0.2) is 0 Å². The van der Waals surface area contributed by atoms with E-state index in [1.54, 1.807) is 0 Å². The molecule has 1 saturated heterocycles. The highest BCUT2D eigenvalue weighted by Gasteiger charge is 2.42. The number of ether oxygens (including phenoxy) is 1. The molecule has 3 atom stereocenters. The molecule has 0 bridgehead atoms. The van der Waals surface area contributed by atoms with Gasteiger partial charge in [0.2, 0.25) is 0 Å². The van der Waals surface area contributed by atoms with Crippen LogP contribution in [0.2, 0.25) is 0 Å². The van der Waals surface area contributed by atoms with E-state index < -0.39 is 0 Å². The third kappa shape index (κ3) is 3.05. The van der Waals surface area contributed by atoms with Crippen molar-refractivity contribution in [3.05, 3.63) is 0 Å². The van der Waals surface area contributed by atoms with Crippen LogP contribution in [0.15, 0.2) is 0 Å². The standard InChI is InChI=1S/C14H28N2O2/c1-13(2)9-14(10-15,6-7-18-13)16-12-5-3-4-11(12)8-17/h11-12,16-17H,3-10,15H2,1-2H3. The Morgan fingerprint density at radius 1 is 1.39 bits per heavy atom. The summed E-state index contributed by atoms with van der Waals surface area (Å²) in [7, 11) is 0. The summed E-state index contributed by atoms with van der Waals surface area (Å²) in [4.78, 5) is 0. The van der Waals surface area contributed by atoms with Crippen molar-refractivity contribution in [2.75, 3.05) is 19.8 Å². The summed E-state index contributed by atoms with van der Waals surface area (Å²) in [5, 5.41) is 13.2. The Balaban J connectivity index is 2.03. The van der Waals surface area contributed by atoms with Crippen molar-refractivity contribution in [2.24, 2.45) is 11.7 Å². The lowest BCUT2D eigenvalue weighted by Crippen LogP contribution is -2.62. The molecule has 4 nitrogen and oxygen atoms in total. The van der Waals surface area contributed by atoms with Gasteiger partial charge in [-0.2, -0.15) is 0 Å². The topological polar surface area (TPSA) is 67.5 Å². The highest BCUT2D eigenvalue weighted by Crippen LogP contribution is 2.34. The zero-order valence-electron chi connectivity index (χ0n) is 11.7. The maximum atomic E-state index is 9.43. The number of nitrogens with two attached hydrogens (primary N) is 1. The predicted octanol–water partition coefficient (Wildman–Crippen LogP) is 1.02. The van der Waals surface area contributed by atoms with Gasteiger partial charge in [0.05, 0.1) is 5.60 Å². The lowest BCUT2D eigenvalue weighted by atomic mass is 9.80. The zero-order chi connectivity index (χ0) is 13.2. The largest absolute Gasteiger partial charge is 0.396 e. The van der Waals surface area contributed by atoms with E-state index in [0.29, 0.717) is 18.5 Å². The van der Waals surface area contributed by atoms with Crippen molar-refractivity contribution in [2.45, 2.75) is 63.1 Å². The second-order valence-corrected chi connectivity index (χ2v) is 6.64. The van der Waals surface area contributed by atoms with Gasteiger partial charge in [0.1, 0.15) is 0 Å². The highest BCUT2D eigenvalue weighted by molar-refractivity contribution is 5.01. The lowest BCUT2D eigenvalue weighted by molar-refractivity contribution is -0.0888. The van der Waals surface area contributed by atoms with E-state index in [1.807, 2.05) is 0 Å². The van der Waals surface area contributed by atoms with E-state index in [9.17, 15) is 5.11 Å². The lowest BCUT2D eigenvalue weighted by Gasteiger charge is -2.47.